The van der Waals surface area contributed by atoms with Crippen LogP contribution in [0.1, 0.15) is 5.01 Å². The van der Waals surface area contributed by atoms with E-state index in [1.54, 1.807) is 11.3 Å². The van der Waals surface area contributed by atoms with Crippen LogP contribution in [0.4, 0.5) is 10.8 Å². The zero-order chi connectivity index (χ0) is 14.2. The summed E-state index contributed by atoms with van der Waals surface area (Å²) in [5.41, 5.74) is 1.36. The molecule has 0 unspecified atom stereocenters. The summed E-state index contributed by atoms with van der Waals surface area (Å²) in [5.74, 6) is 0. The van der Waals surface area contributed by atoms with Gasteiger partial charge in [0.05, 0.1) is 0 Å². The number of aryl methyl sites for hydroxylation is 1. The first kappa shape index (κ1) is 13.0. The summed E-state index contributed by atoms with van der Waals surface area (Å²) < 4.78 is 1.37. The summed E-state index contributed by atoms with van der Waals surface area (Å²) in [6, 6.07) is 8.83. The number of aromatic nitrogens is 2. The molecule has 3 heterocycles. The van der Waals surface area contributed by atoms with Crippen molar-refractivity contribution in [1.82, 2.24) is 10.2 Å². The molecule has 1 aromatic carbocycles. The topological polar surface area (TPSA) is 32.3 Å². The van der Waals surface area contributed by atoms with Gasteiger partial charge < -0.3 is 9.80 Å². The zero-order valence-electron chi connectivity index (χ0n) is 11.8. The summed E-state index contributed by atoms with van der Waals surface area (Å²) in [4.78, 5) is 4.83. The largest absolute Gasteiger partial charge is 0.367 e. The lowest BCUT2D eigenvalue weighted by Crippen LogP contribution is -2.46. The third-order valence-corrected chi connectivity index (χ3v) is 5.66. The number of benzene rings is 1. The van der Waals surface area contributed by atoms with E-state index < -0.39 is 0 Å². The predicted octanol–water partition coefficient (Wildman–Crippen LogP) is 3.39. The van der Waals surface area contributed by atoms with Crippen molar-refractivity contribution in [3.05, 3.63) is 34.7 Å². The molecule has 1 saturated heterocycles. The van der Waals surface area contributed by atoms with Gasteiger partial charge in [0.25, 0.3) is 0 Å². The highest BCUT2D eigenvalue weighted by Gasteiger charge is 2.21. The highest BCUT2D eigenvalue weighted by atomic mass is 32.1. The van der Waals surface area contributed by atoms with E-state index in [4.69, 9.17) is 0 Å². The number of piperazine rings is 1. The molecule has 21 heavy (non-hydrogen) atoms. The normalized spacial score (nSPS) is 15.9. The second-order valence-electron chi connectivity index (χ2n) is 5.19. The van der Waals surface area contributed by atoms with Gasteiger partial charge in [-0.2, -0.15) is 0 Å². The fourth-order valence-corrected chi connectivity index (χ4v) is 4.35. The van der Waals surface area contributed by atoms with Crippen molar-refractivity contribution in [2.24, 2.45) is 0 Å². The van der Waals surface area contributed by atoms with Gasteiger partial charge in [-0.05, 0) is 30.5 Å². The van der Waals surface area contributed by atoms with Gasteiger partial charge in [0, 0.05) is 42.0 Å². The van der Waals surface area contributed by atoms with Crippen LogP contribution in [0.25, 0.3) is 10.1 Å². The molecule has 1 aliphatic heterocycles. The van der Waals surface area contributed by atoms with E-state index in [9.17, 15) is 0 Å². The molecule has 0 atom stereocenters. The van der Waals surface area contributed by atoms with E-state index in [0.717, 1.165) is 36.3 Å². The molecule has 0 bridgehead atoms. The van der Waals surface area contributed by atoms with Crippen LogP contribution in [0.2, 0.25) is 0 Å². The van der Waals surface area contributed by atoms with E-state index in [1.807, 2.05) is 18.3 Å². The van der Waals surface area contributed by atoms with Crippen LogP contribution in [0.3, 0.4) is 0 Å². The van der Waals surface area contributed by atoms with Crippen LogP contribution >= 0.6 is 22.7 Å². The number of anilines is 2. The summed E-state index contributed by atoms with van der Waals surface area (Å²) in [5, 5.41) is 14.0. The fourth-order valence-electron chi connectivity index (χ4n) is 2.81. The first-order valence-electron chi connectivity index (χ1n) is 7.07. The maximum Gasteiger partial charge on any atom is 0.208 e. The van der Waals surface area contributed by atoms with Gasteiger partial charge in [-0.15, -0.1) is 21.5 Å². The Hall–Kier alpha value is -1.66. The number of nitrogens with zero attached hydrogens (tertiary/aromatic N) is 4. The first-order valence-corrected chi connectivity index (χ1v) is 8.77. The smallest absolute Gasteiger partial charge is 0.208 e. The Bertz CT molecular complexity index is 756. The molecule has 108 valence electrons. The van der Waals surface area contributed by atoms with Crippen molar-refractivity contribution in [3.8, 4) is 0 Å². The quantitative estimate of drug-likeness (QED) is 0.725. The van der Waals surface area contributed by atoms with Crippen molar-refractivity contribution in [3.63, 3.8) is 0 Å². The summed E-state index contributed by atoms with van der Waals surface area (Å²) in [7, 11) is 0. The lowest BCUT2D eigenvalue weighted by molar-refractivity contribution is 0.651. The number of hydrogen-bond acceptors (Lipinski definition) is 6. The van der Waals surface area contributed by atoms with Crippen molar-refractivity contribution >= 4 is 43.6 Å². The number of fused-ring (bicyclic) bond motifs is 1. The predicted molar refractivity (Wildman–Crippen MR) is 90.9 cm³/mol. The SMILES string of the molecule is Cc1nnc(N2CCN(c3cccc4sccc34)CC2)s1. The van der Waals surface area contributed by atoms with Gasteiger partial charge >= 0.3 is 0 Å². The summed E-state index contributed by atoms with van der Waals surface area (Å²) in [6.45, 7) is 6.10. The molecule has 0 amide bonds. The third-order valence-electron chi connectivity index (χ3n) is 3.88. The van der Waals surface area contributed by atoms with Crippen LogP contribution in [-0.2, 0) is 0 Å². The van der Waals surface area contributed by atoms with Crippen molar-refractivity contribution < 1.29 is 0 Å². The van der Waals surface area contributed by atoms with E-state index in [1.165, 1.54) is 15.8 Å². The van der Waals surface area contributed by atoms with E-state index >= 15 is 0 Å². The molecule has 0 N–H and O–H groups in total. The Morgan fingerprint density at radius 1 is 1.00 bits per heavy atom. The van der Waals surface area contributed by atoms with Gasteiger partial charge in [0.1, 0.15) is 5.01 Å². The molecular formula is C15H16N4S2. The number of thiophene rings is 1. The molecule has 2 aromatic heterocycles. The molecule has 3 aromatic rings. The lowest BCUT2D eigenvalue weighted by atomic mass is 10.2. The molecule has 1 fully saturated rings. The maximum atomic E-state index is 4.26. The molecule has 0 aliphatic carbocycles. The van der Waals surface area contributed by atoms with Crippen molar-refractivity contribution in [2.75, 3.05) is 36.0 Å². The molecule has 1 aliphatic rings. The monoisotopic (exact) mass is 316 g/mol. The van der Waals surface area contributed by atoms with Crippen LogP contribution in [0.15, 0.2) is 29.6 Å². The molecule has 6 heteroatoms. The highest BCUT2D eigenvalue weighted by Crippen LogP contribution is 2.31. The van der Waals surface area contributed by atoms with E-state index in [0.29, 0.717) is 0 Å². The Kier molecular flexibility index (Phi) is 3.27. The lowest BCUT2D eigenvalue weighted by Gasteiger charge is -2.36. The van der Waals surface area contributed by atoms with Crippen LogP contribution in [0.5, 0.6) is 0 Å². The second kappa shape index (κ2) is 5.27. The third kappa shape index (κ3) is 2.38. The Morgan fingerprint density at radius 3 is 2.57 bits per heavy atom. The van der Waals surface area contributed by atoms with Gasteiger partial charge in [-0.1, -0.05) is 17.4 Å². The number of rotatable bonds is 2. The Labute approximate surface area is 131 Å². The summed E-state index contributed by atoms with van der Waals surface area (Å²) >= 11 is 3.49. The van der Waals surface area contributed by atoms with Crippen molar-refractivity contribution in [2.45, 2.75) is 6.92 Å². The van der Waals surface area contributed by atoms with E-state index in [-0.39, 0.29) is 0 Å². The minimum Gasteiger partial charge on any atom is -0.367 e. The Morgan fingerprint density at radius 2 is 1.81 bits per heavy atom. The fraction of sp³-hybridized carbons (Fsp3) is 0.333. The molecule has 0 spiro atoms. The van der Waals surface area contributed by atoms with E-state index in [2.05, 4.69) is 49.6 Å². The average Bonchev–Trinajstić information content (AvgIpc) is 3.15. The molecular weight excluding hydrogens is 300 g/mol. The van der Waals surface area contributed by atoms with Crippen LogP contribution in [0, 0.1) is 6.92 Å². The van der Waals surface area contributed by atoms with Crippen molar-refractivity contribution in [1.29, 1.82) is 0 Å². The second-order valence-corrected chi connectivity index (χ2v) is 7.30. The van der Waals surface area contributed by atoms with Gasteiger partial charge in [0.2, 0.25) is 5.13 Å². The molecule has 0 radical (unpaired) electrons. The maximum absolute atomic E-state index is 4.26. The zero-order valence-corrected chi connectivity index (χ0v) is 13.5. The van der Waals surface area contributed by atoms with Crippen LogP contribution < -0.4 is 9.80 Å². The standard InChI is InChI=1S/C15H16N4S2/c1-11-16-17-15(21-11)19-8-6-18(7-9-19)13-3-2-4-14-12(13)5-10-20-14/h2-5,10H,6-9H2,1H3. The highest BCUT2D eigenvalue weighted by molar-refractivity contribution is 7.17. The molecule has 0 saturated carbocycles. The van der Waals surface area contributed by atoms with Gasteiger partial charge in [0.15, 0.2) is 0 Å². The van der Waals surface area contributed by atoms with Gasteiger partial charge in [-0.3, -0.25) is 0 Å². The molecule has 4 rings (SSSR count). The van der Waals surface area contributed by atoms with Gasteiger partial charge in [-0.25, -0.2) is 0 Å². The minimum atomic E-state index is 1.01. The first-order chi connectivity index (χ1) is 10.3. The molecule has 4 nitrogen and oxygen atoms in total. The number of hydrogen-bond donors (Lipinski definition) is 0. The minimum absolute atomic E-state index is 1.01. The average molecular weight is 316 g/mol. The summed E-state index contributed by atoms with van der Waals surface area (Å²) in [6.07, 6.45) is 0. The van der Waals surface area contributed by atoms with Crippen LogP contribution in [-0.4, -0.2) is 36.4 Å². The Balaban J connectivity index is 1.53.